The van der Waals surface area contributed by atoms with Crippen LogP contribution in [0.4, 0.5) is 0 Å². The quantitative estimate of drug-likeness (QED) is 0.836. The van der Waals surface area contributed by atoms with E-state index in [2.05, 4.69) is 45.0 Å². The molecule has 1 fully saturated rings. The maximum Gasteiger partial charge on any atom is -0.00744 e. The van der Waals surface area contributed by atoms with E-state index in [1.807, 2.05) is 0 Å². The predicted octanol–water partition coefficient (Wildman–Crippen LogP) is 3.90. The number of hydrogen-bond donors (Lipinski definition) is 1. The highest BCUT2D eigenvalue weighted by Crippen LogP contribution is 2.40. The molecule has 0 spiro atoms. The van der Waals surface area contributed by atoms with Crippen LogP contribution in [0.3, 0.4) is 0 Å². The minimum absolute atomic E-state index is 0.256. The van der Waals surface area contributed by atoms with E-state index < -0.39 is 0 Å². The molecule has 1 aromatic carbocycles. The normalized spacial score (nSPS) is 17.8. The summed E-state index contributed by atoms with van der Waals surface area (Å²) in [5, 5.41) is 0. The van der Waals surface area contributed by atoms with Gasteiger partial charge in [0.25, 0.3) is 0 Å². The van der Waals surface area contributed by atoms with Crippen molar-refractivity contribution in [3.63, 3.8) is 0 Å². The van der Waals surface area contributed by atoms with Crippen LogP contribution in [0.1, 0.15) is 51.2 Å². The van der Waals surface area contributed by atoms with E-state index >= 15 is 0 Å². The van der Waals surface area contributed by atoms with Crippen molar-refractivity contribution in [2.75, 3.05) is 6.54 Å². The van der Waals surface area contributed by atoms with Crippen molar-refractivity contribution in [3.8, 4) is 0 Å². The standard InChI is InChI=1S/C17H27N/c1-17(2,3)16-8-4-13(5-9-16)12-15(10-11-18)14-6-7-14/h4-5,8-9,14-15H,6-7,10-12,18H2,1-3H3. The van der Waals surface area contributed by atoms with Crippen LogP contribution in [0.15, 0.2) is 24.3 Å². The lowest BCUT2D eigenvalue weighted by Gasteiger charge is -2.20. The molecule has 0 amide bonds. The topological polar surface area (TPSA) is 26.0 Å². The van der Waals surface area contributed by atoms with Gasteiger partial charge in [-0.25, -0.2) is 0 Å². The minimum atomic E-state index is 0.256. The van der Waals surface area contributed by atoms with Crippen LogP contribution in [0.5, 0.6) is 0 Å². The van der Waals surface area contributed by atoms with Crippen LogP contribution >= 0.6 is 0 Å². The Hall–Kier alpha value is -0.820. The van der Waals surface area contributed by atoms with Gasteiger partial charge in [0.15, 0.2) is 0 Å². The number of hydrogen-bond acceptors (Lipinski definition) is 1. The Kier molecular flexibility index (Phi) is 4.11. The lowest BCUT2D eigenvalue weighted by atomic mass is 9.85. The molecule has 1 aliphatic carbocycles. The summed E-state index contributed by atoms with van der Waals surface area (Å²) < 4.78 is 0. The maximum absolute atomic E-state index is 5.73. The van der Waals surface area contributed by atoms with Crippen LogP contribution in [-0.2, 0) is 11.8 Å². The predicted molar refractivity (Wildman–Crippen MR) is 78.7 cm³/mol. The van der Waals surface area contributed by atoms with Gasteiger partial charge in [0.05, 0.1) is 0 Å². The van der Waals surface area contributed by atoms with Gasteiger partial charge in [-0.2, -0.15) is 0 Å². The third-order valence-corrected chi connectivity index (χ3v) is 4.14. The molecule has 1 saturated carbocycles. The zero-order valence-electron chi connectivity index (χ0n) is 12.1. The van der Waals surface area contributed by atoms with Gasteiger partial charge in [-0.1, -0.05) is 45.0 Å². The highest BCUT2D eigenvalue weighted by molar-refractivity contribution is 5.27. The Morgan fingerprint density at radius 3 is 2.22 bits per heavy atom. The van der Waals surface area contributed by atoms with Crippen LogP contribution in [-0.4, -0.2) is 6.54 Å². The molecule has 0 saturated heterocycles. The first kappa shape index (κ1) is 13.6. The van der Waals surface area contributed by atoms with Gasteiger partial charge in [0.1, 0.15) is 0 Å². The first-order chi connectivity index (χ1) is 8.50. The van der Waals surface area contributed by atoms with Gasteiger partial charge in [0.2, 0.25) is 0 Å². The van der Waals surface area contributed by atoms with E-state index in [0.29, 0.717) is 0 Å². The summed E-state index contributed by atoms with van der Waals surface area (Å²) >= 11 is 0. The Labute approximate surface area is 112 Å². The number of benzene rings is 1. The molecule has 18 heavy (non-hydrogen) atoms. The Balaban J connectivity index is 2.00. The SMILES string of the molecule is CC(C)(C)c1ccc(CC(CCN)C2CC2)cc1. The molecule has 0 bridgehead atoms. The fraction of sp³-hybridized carbons (Fsp3) is 0.647. The highest BCUT2D eigenvalue weighted by Gasteiger charge is 2.30. The molecule has 0 heterocycles. The summed E-state index contributed by atoms with van der Waals surface area (Å²) in [6, 6.07) is 9.21. The van der Waals surface area contributed by atoms with E-state index in [4.69, 9.17) is 5.73 Å². The van der Waals surface area contributed by atoms with Gasteiger partial charge in [-0.05, 0) is 60.6 Å². The summed E-state index contributed by atoms with van der Waals surface area (Å²) in [6.07, 6.45) is 5.24. The smallest absolute Gasteiger partial charge is 0.00744 e. The first-order valence-corrected chi connectivity index (χ1v) is 7.30. The number of nitrogens with two attached hydrogens (primary N) is 1. The van der Waals surface area contributed by atoms with Crippen molar-refractivity contribution in [3.05, 3.63) is 35.4 Å². The summed E-state index contributed by atoms with van der Waals surface area (Å²) in [6.45, 7) is 7.64. The second kappa shape index (κ2) is 5.44. The van der Waals surface area contributed by atoms with E-state index in [0.717, 1.165) is 18.4 Å². The lowest BCUT2D eigenvalue weighted by Crippen LogP contribution is -2.14. The Morgan fingerprint density at radius 1 is 1.17 bits per heavy atom. The van der Waals surface area contributed by atoms with Crippen molar-refractivity contribution in [2.24, 2.45) is 17.6 Å². The fourth-order valence-corrected chi connectivity index (χ4v) is 2.73. The average Bonchev–Trinajstić information content (AvgIpc) is 3.12. The molecule has 1 aliphatic rings. The zero-order chi connectivity index (χ0) is 13.2. The van der Waals surface area contributed by atoms with E-state index in [1.54, 1.807) is 0 Å². The molecule has 0 radical (unpaired) electrons. The van der Waals surface area contributed by atoms with Gasteiger partial charge < -0.3 is 5.73 Å². The van der Waals surface area contributed by atoms with Crippen LogP contribution in [0, 0.1) is 11.8 Å². The van der Waals surface area contributed by atoms with E-state index in [9.17, 15) is 0 Å². The first-order valence-electron chi connectivity index (χ1n) is 7.30. The van der Waals surface area contributed by atoms with Crippen molar-refractivity contribution in [1.82, 2.24) is 0 Å². The molecular formula is C17H27N. The Morgan fingerprint density at radius 2 is 1.78 bits per heavy atom. The lowest BCUT2D eigenvalue weighted by molar-refractivity contribution is 0.432. The summed E-state index contributed by atoms with van der Waals surface area (Å²) in [5.41, 5.74) is 8.89. The van der Waals surface area contributed by atoms with Gasteiger partial charge >= 0.3 is 0 Å². The molecule has 1 atom stereocenters. The molecule has 0 aliphatic heterocycles. The highest BCUT2D eigenvalue weighted by atomic mass is 14.5. The molecule has 1 heteroatoms. The van der Waals surface area contributed by atoms with Crippen molar-refractivity contribution in [2.45, 2.75) is 51.9 Å². The second-order valence-electron chi connectivity index (χ2n) is 6.83. The monoisotopic (exact) mass is 245 g/mol. The van der Waals surface area contributed by atoms with E-state index in [1.165, 1.54) is 36.8 Å². The number of rotatable bonds is 5. The average molecular weight is 245 g/mol. The molecule has 1 nitrogen and oxygen atoms in total. The van der Waals surface area contributed by atoms with Crippen molar-refractivity contribution >= 4 is 0 Å². The van der Waals surface area contributed by atoms with Crippen molar-refractivity contribution < 1.29 is 0 Å². The maximum atomic E-state index is 5.73. The Bertz CT molecular complexity index is 368. The second-order valence-corrected chi connectivity index (χ2v) is 6.83. The minimum Gasteiger partial charge on any atom is -0.330 e. The summed E-state index contributed by atoms with van der Waals surface area (Å²) in [7, 11) is 0. The molecule has 0 aromatic heterocycles. The van der Waals surface area contributed by atoms with Crippen LogP contribution < -0.4 is 5.73 Å². The largest absolute Gasteiger partial charge is 0.330 e. The molecule has 1 aromatic rings. The molecular weight excluding hydrogens is 218 g/mol. The van der Waals surface area contributed by atoms with Crippen molar-refractivity contribution in [1.29, 1.82) is 0 Å². The third kappa shape index (κ3) is 3.58. The zero-order valence-corrected chi connectivity index (χ0v) is 12.1. The molecule has 2 N–H and O–H groups in total. The van der Waals surface area contributed by atoms with Gasteiger partial charge in [-0.3, -0.25) is 0 Å². The van der Waals surface area contributed by atoms with Gasteiger partial charge in [0, 0.05) is 0 Å². The fourth-order valence-electron chi connectivity index (χ4n) is 2.73. The van der Waals surface area contributed by atoms with Crippen LogP contribution in [0.25, 0.3) is 0 Å². The van der Waals surface area contributed by atoms with Gasteiger partial charge in [-0.15, -0.1) is 0 Å². The summed E-state index contributed by atoms with van der Waals surface area (Å²) in [4.78, 5) is 0. The summed E-state index contributed by atoms with van der Waals surface area (Å²) in [5.74, 6) is 1.77. The molecule has 2 rings (SSSR count). The third-order valence-electron chi connectivity index (χ3n) is 4.14. The van der Waals surface area contributed by atoms with Crippen LogP contribution in [0.2, 0.25) is 0 Å². The molecule has 1 unspecified atom stereocenters. The van der Waals surface area contributed by atoms with E-state index in [-0.39, 0.29) is 5.41 Å². The molecule has 100 valence electrons.